The maximum atomic E-state index is 12.9. The van der Waals surface area contributed by atoms with E-state index in [0.717, 1.165) is 17.7 Å². The largest absolute Gasteiger partial charge is 0.415 e. The smallest absolute Gasteiger partial charge is 0.382 e. The van der Waals surface area contributed by atoms with Gasteiger partial charge in [-0.2, -0.15) is 18.3 Å². The first-order valence-electron chi connectivity index (χ1n) is 8.03. The number of nitrogens with zero attached hydrogens (tertiary/aromatic N) is 3. The van der Waals surface area contributed by atoms with Crippen LogP contribution in [0.25, 0.3) is 5.69 Å². The van der Waals surface area contributed by atoms with E-state index in [1.807, 2.05) is 36.5 Å². The molecular weight excluding hydrogens is 319 g/mol. The molecule has 4 nitrogen and oxygen atoms in total. The molecule has 2 heterocycles. The molecule has 130 valence electrons. The number of aliphatic hydroxyl groups excluding tert-OH is 1. The Morgan fingerprint density at radius 1 is 1.21 bits per heavy atom. The summed E-state index contributed by atoms with van der Waals surface area (Å²) in [6, 6.07) is 8.52. The van der Waals surface area contributed by atoms with Crippen LogP contribution in [-0.4, -0.2) is 44.7 Å². The highest BCUT2D eigenvalue weighted by Gasteiger charge is 2.46. The van der Waals surface area contributed by atoms with Crippen molar-refractivity contribution in [2.24, 2.45) is 0 Å². The number of halogens is 3. The van der Waals surface area contributed by atoms with E-state index in [-0.39, 0.29) is 0 Å². The normalized spacial score (nSPS) is 20.9. The van der Waals surface area contributed by atoms with Crippen molar-refractivity contribution in [1.29, 1.82) is 0 Å². The minimum Gasteiger partial charge on any atom is -0.382 e. The second-order valence-electron chi connectivity index (χ2n) is 6.14. The molecular formula is C17H20F3N3O. The number of rotatable bonds is 4. The summed E-state index contributed by atoms with van der Waals surface area (Å²) in [5, 5.41) is 13.8. The number of hydrogen-bond acceptors (Lipinski definition) is 3. The van der Waals surface area contributed by atoms with Crippen LogP contribution in [0, 0.1) is 0 Å². The van der Waals surface area contributed by atoms with Gasteiger partial charge in [0.1, 0.15) is 0 Å². The lowest BCUT2D eigenvalue weighted by atomic mass is 9.96. The van der Waals surface area contributed by atoms with Gasteiger partial charge in [-0.15, -0.1) is 0 Å². The minimum atomic E-state index is -4.58. The zero-order valence-electron chi connectivity index (χ0n) is 13.2. The molecule has 1 aromatic carbocycles. The van der Waals surface area contributed by atoms with Crippen LogP contribution in [0.1, 0.15) is 24.8 Å². The van der Waals surface area contributed by atoms with E-state index >= 15 is 0 Å². The molecule has 3 rings (SSSR count). The predicted octanol–water partition coefficient (Wildman–Crippen LogP) is 3.15. The predicted molar refractivity (Wildman–Crippen MR) is 83.7 cm³/mol. The first-order valence-corrected chi connectivity index (χ1v) is 8.03. The Balaban J connectivity index is 1.71. The monoisotopic (exact) mass is 339 g/mol. The lowest BCUT2D eigenvalue weighted by molar-refractivity contribution is -0.225. The Labute approximate surface area is 138 Å². The maximum absolute atomic E-state index is 12.9. The van der Waals surface area contributed by atoms with Gasteiger partial charge in [-0.1, -0.05) is 18.6 Å². The third-order valence-corrected chi connectivity index (χ3v) is 4.46. The maximum Gasteiger partial charge on any atom is 0.415 e. The van der Waals surface area contributed by atoms with E-state index in [9.17, 15) is 18.3 Å². The molecule has 0 aliphatic carbocycles. The summed E-state index contributed by atoms with van der Waals surface area (Å²) in [6.07, 6.45) is -1.42. The average Bonchev–Trinajstić information content (AvgIpc) is 3.09. The minimum absolute atomic E-state index is 0.367. The van der Waals surface area contributed by atoms with E-state index in [2.05, 4.69) is 5.10 Å². The van der Waals surface area contributed by atoms with Crippen molar-refractivity contribution in [1.82, 2.24) is 14.7 Å². The highest BCUT2D eigenvalue weighted by molar-refractivity contribution is 5.33. The van der Waals surface area contributed by atoms with Gasteiger partial charge in [0.25, 0.3) is 0 Å². The zero-order valence-corrected chi connectivity index (χ0v) is 13.2. The molecule has 1 aliphatic heterocycles. The van der Waals surface area contributed by atoms with Crippen molar-refractivity contribution >= 4 is 0 Å². The highest BCUT2D eigenvalue weighted by atomic mass is 19.4. The number of hydrogen-bond donors (Lipinski definition) is 1. The molecule has 1 N–H and O–H groups in total. The molecule has 1 saturated heterocycles. The van der Waals surface area contributed by atoms with Crippen molar-refractivity contribution in [2.75, 3.05) is 6.54 Å². The van der Waals surface area contributed by atoms with Crippen LogP contribution in [-0.2, 0) is 6.54 Å². The summed E-state index contributed by atoms with van der Waals surface area (Å²) in [5.74, 6) is 0. The van der Waals surface area contributed by atoms with Crippen LogP contribution in [0.3, 0.4) is 0 Å². The van der Waals surface area contributed by atoms with Gasteiger partial charge in [-0.25, -0.2) is 4.68 Å². The van der Waals surface area contributed by atoms with Gasteiger partial charge in [-0.05, 0) is 43.1 Å². The number of likely N-dealkylation sites (tertiary alicyclic amines) is 1. The average molecular weight is 339 g/mol. The van der Waals surface area contributed by atoms with Gasteiger partial charge < -0.3 is 5.11 Å². The Morgan fingerprint density at radius 2 is 1.96 bits per heavy atom. The quantitative estimate of drug-likeness (QED) is 0.930. The lowest BCUT2D eigenvalue weighted by Gasteiger charge is -2.39. The third kappa shape index (κ3) is 3.79. The van der Waals surface area contributed by atoms with E-state index < -0.39 is 18.3 Å². The molecule has 2 unspecified atom stereocenters. The van der Waals surface area contributed by atoms with Gasteiger partial charge in [0.15, 0.2) is 6.10 Å². The fourth-order valence-electron chi connectivity index (χ4n) is 3.20. The molecule has 0 bridgehead atoms. The second-order valence-corrected chi connectivity index (χ2v) is 6.14. The molecule has 0 spiro atoms. The summed E-state index contributed by atoms with van der Waals surface area (Å²) < 4.78 is 40.3. The number of piperidine rings is 1. The molecule has 2 aromatic rings. The number of aromatic nitrogens is 2. The second kappa shape index (κ2) is 6.94. The van der Waals surface area contributed by atoms with Gasteiger partial charge in [0.2, 0.25) is 0 Å². The van der Waals surface area contributed by atoms with E-state index in [0.29, 0.717) is 25.9 Å². The van der Waals surface area contributed by atoms with Crippen LogP contribution in [0.4, 0.5) is 13.2 Å². The number of aliphatic hydroxyl groups is 1. The van der Waals surface area contributed by atoms with Gasteiger partial charge in [0, 0.05) is 25.0 Å². The summed E-state index contributed by atoms with van der Waals surface area (Å²) in [4.78, 5) is 1.74. The van der Waals surface area contributed by atoms with Crippen LogP contribution < -0.4 is 0 Å². The molecule has 7 heteroatoms. The molecule has 24 heavy (non-hydrogen) atoms. The van der Waals surface area contributed by atoms with Crippen LogP contribution in [0.15, 0.2) is 42.7 Å². The number of alkyl halides is 3. The summed E-state index contributed by atoms with van der Waals surface area (Å²) in [5.41, 5.74) is 1.82. The fraction of sp³-hybridized carbons (Fsp3) is 0.471. The SMILES string of the molecule is OC(C1CCCCN1Cc1ccc(-n2cccn2)cc1)C(F)(F)F. The standard InChI is InChI=1S/C17H20F3N3O/c18-17(19,20)16(24)15-4-1-2-10-22(15)12-13-5-7-14(8-6-13)23-11-3-9-21-23/h3,5-9,11,15-16,24H,1-2,4,10,12H2. The van der Waals surface area contributed by atoms with Gasteiger partial charge >= 0.3 is 6.18 Å². The van der Waals surface area contributed by atoms with Crippen molar-refractivity contribution in [3.8, 4) is 5.69 Å². The Kier molecular flexibility index (Phi) is 4.91. The Hall–Kier alpha value is -1.86. The molecule has 0 amide bonds. The zero-order chi connectivity index (χ0) is 17.2. The van der Waals surface area contributed by atoms with Gasteiger partial charge in [-0.3, -0.25) is 4.90 Å². The van der Waals surface area contributed by atoms with Crippen molar-refractivity contribution in [2.45, 2.75) is 44.1 Å². The van der Waals surface area contributed by atoms with Crippen LogP contribution in [0.2, 0.25) is 0 Å². The molecule has 0 saturated carbocycles. The van der Waals surface area contributed by atoms with Crippen LogP contribution in [0.5, 0.6) is 0 Å². The topological polar surface area (TPSA) is 41.3 Å². The Bertz CT molecular complexity index is 640. The Morgan fingerprint density at radius 3 is 2.58 bits per heavy atom. The molecule has 1 aliphatic rings. The third-order valence-electron chi connectivity index (χ3n) is 4.46. The lowest BCUT2D eigenvalue weighted by Crippen LogP contribution is -2.51. The van der Waals surface area contributed by atoms with E-state index in [1.54, 1.807) is 15.8 Å². The summed E-state index contributed by atoms with van der Waals surface area (Å²) >= 11 is 0. The van der Waals surface area contributed by atoms with Crippen LogP contribution >= 0.6 is 0 Å². The molecule has 2 atom stereocenters. The first-order chi connectivity index (χ1) is 11.4. The fourth-order valence-corrected chi connectivity index (χ4v) is 3.20. The molecule has 1 aromatic heterocycles. The van der Waals surface area contributed by atoms with E-state index in [1.165, 1.54) is 0 Å². The highest BCUT2D eigenvalue weighted by Crippen LogP contribution is 2.30. The van der Waals surface area contributed by atoms with Gasteiger partial charge in [0.05, 0.1) is 5.69 Å². The number of benzene rings is 1. The molecule has 1 fully saturated rings. The van der Waals surface area contributed by atoms with Crippen molar-refractivity contribution in [3.63, 3.8) is 0 Å². The van der Waals surface area contributed by atoms with Crippen molar-refractivity contribution in [3.05, 3.63) is 48.3 Å². The summed E-state index contributed by atoms with van der Waals surface area (Å²) in [7, 11) is 0. The molecule has 0 radical (unpaired) electrons. The van der Waals surface area contributed by atoms with E-state index in [4.69, 9.17) is 0 Å². The van der Waals surface area contributed by atoms with Crippen molar-refractivity contribution < 1.29 is 18.3 Å². The summed E-state index contributed by atoms with van der Waals surface area (Å²) in [6.45, 7) is 0.968. The first kappa shape index (κ1) is 17.0.